The largest absolute Gasteiger partial charge is 0.581 e. The van der Waals surface area contributed by atoms with E-state index in [9.17, 15) is 32.3 Å². The summed E-state index contributed by atoms with van der Waals surface area (Å²) in [7, 11) is 0. The van der Waals surface area contributed by atoms with Crippen LogP contribution in [0.2, 0.25) is 0 Å². The SMILES string of the molecule is [O-][NH+]1N(c2ccc(C(F)(F)F)cc2)C(O)=C2CCc3c(F)ccc(F)c3N21. The molecule has 1 atom stereocenters. The van der Waals surface area contributed by atoms with Crippen LogP contribution in [0.5, 0.6) is 0 Å². The smallest absolute Gasteiger partial charge is 0.416 e. The number of nitrogens with one attached hydrogen (secondary N) is 1. The van der Waals surface area contributed by atoms with E-state index >= 15 is 0 Å². The Kier molecular flexibility index (Phi) is 3.79. The van der Waals surface area contributed by atoms with E-state index in [1.807, 2.05) is 0 Å². The molecule has 0 spiro atoms. The van der Waals surface area contributed by atoms with E-state index in [4.69, 9.17) is 0 Å². The molecule has 0 aliphatic carbocycles. The van der Waals surface area contributed by atoms with E-state index in [0.717, 1.165) is 46.4 Å². The van der Waals surface area contributed by atoms with Gasteiger partial charge in [-0.1, -0.05) is 0 Å². The number of hydrogen-bond donors (Lipinski definition) is 2. The van der Waals surface area contributed by atoms with E-state index in [2.05, 4.69) is 0 Å². The average Bonchev–Trinajstić information content (AvgIpc) is 2.88. The first-order valence-corrected chi connectivity index (χ1v) is 7.90. The van der Waals surface area contributed by atoms with Crippen molar-refractivity contribution in [1.29, 1.82) is 0 Å². The van der Waals surface area contributed by atoms with E-state index in [-0.39, 0.29) is 35.5 Å². The molecule has 0 aromatic heterocycles. The number of quaternary nitrogens is 1. The highest BCUT2D eigenvalue weighted by Gasteiger charge is 2.44. The molecule has 0 fully saturated rings. The highest BCUT2D eigenvalue weighted by molar-refractivity contribution is 5.63. The summed E-state index contributed by atoms with van der Waals surface area (Å²) in [5.41, 5.74) is -1.15. The molecule has 2 heterocycles. The fraction of sp³-hybridized carbons (Fsp3) is 0.176. The Morgan fingerprint density at radius 1 is 0.926 bits per heavy atom. The van der Waals surface area contributed by atoms with Gasteiger partial charge in [0, 0.05) is 12.0 Å². The van der Waals surface area contributed by atoms with Gasteiger partial charge in [-0.3, -0.25) is 0 Å². The molecule has 4 rings (SSSR count). The molecule has 1 unspecified atom stereocenters. The van der Waals surface area contributed by atoms with Crippen molar-refractivity contribution in [2.45, 2.75) is 19.0 Å². The number of aliphatic hydroxyl groups excluding tert-OH is 1. The van der Waals surface area contributed by atoms with E-state index in [1.54, 1.807) is 0 Å². The van der Waals surface area contributed by atoms with Gasteiger partial charge in [-0.25, -0.2) is 8.78 Å². The Bertz CT molecular complexity index is 943. The molecular weight excluding hydrogens is 373 g/mol. The molecule has 0 saturated heterocycles. The molecular formula is C17H12F5N3O2. The minimum atomic E-state index is -4.55. The molecule has 2 aromatic carbocycles. The molecule has 0 amide bonds. The maximum atomic E-state index is 14.3. The molecule has 2 aliphatic rings. The van der Waals surface area contributed by atoms with Crippen LogP contribution in [0.3, 0.4) is 0 Å². The molecule has 2 aromatic rings. The number of hydrogen-bond acceptors (Lipinski definition) is 4. The number of fused-ring (bicyclic) bond motifs is 3. The predicted molar refractivity (Wildman–Crippen MR) is 85.1 cm³/mol. The molecule has 0 radical (unpaired) electrons. The molecule has 10 heteroatoms. The van der Waals surface area contributed by atoms with Crippen LogP contribution < -0.4 is 15.3 Å². The molecule has 2 aliphatic heterocycles. The van der Waals surface area contributed by atoms with Gasteiger partial charge in [0.15, 0.2) is 5.82 Å². The zero-order valence-electron chi connectivity index (χ0n) is 13.5. The van der Waals surface area contributed by atoms with Gasteiger partial charge in [-0.05, 0) is 42.8 Å². The third-order valence-electron chi connectivity index (χ3n) is 4.59. The maximum absolute atomic E-state index is 14.3. The van der Waals surface area contributed by atoms with Crippen molar-refractivity contribution in [2.75, 3.05) is 10.0 Å². The summed E-state index contributed by atoms with van der Waals surface area (Å²) in [6.07, 6.45) is -4.41. The fourth-order valence-electron chi connectivity index (χ4n) is 3.33. The average molecular weight is 385 g/mol. The summed E-state index contributed by atoms with van der Waals surface area (Å²) < 4.78 is 66.4. The van der Waals surface area contributed by atoms with Crippen LogP contribution >= 0.6 is 0 Å². The zero-order valence-corrected chi connectivity index (χ0v) is 13.5. The third kappa shape index (κ3) is 2.60. The Labute approximate surface area is 149 Å². The summed E-state index contributed by atoms with van der Waals surface area (Å²) in [6, 6.07) is 5.43. The van der Waals surface area contributed by atoms with E-state index < -0.39 is 34.5 Å². The second kappa shape index (κ2) is 5.83. The number of aliphatic hydroxyl groups is 1. The number of benzene rings is 2. The first-order valence-electron chi connectivity index (χ1n) is 7.90. The van der Waals surface area contributed by atoms with Gasteiger partial charge in [0.1, 0.15) is 22.9 Å². The van der Waals surface area contributed by atoms with Gasteiger partial charge < -0.3 is 10.3 Å². The van der Waals surface area contributed by atoms with Crippen molar-refractivity contribution in [3.8, 4) is 0 Å². The van der Waals surface area contributed by atoms with E-state index in [1.165, 1.54) is 0 Å². The lowest BCUT2D eigenvalue weighted by molar-refractivity contribution is -0.854. The van der Waals surface area contributed by atoms with Crippen LogP contribution in [-0.4, -0.2) is 5.11 Å². The topological polar surface area (TPSA) is 54.2 Å². The van der Waals surface area contributed by atoms with Crippen LogP contribution in [-0.2, 0) is 12.6 Å². The zero-order chi connectivity index (χ0) is 19.5. The van der Waals surface area contributed by atoms with Crippen molar-refractivity contribution in [2.24, 2.45) is 0 Å². The van der Waals surface area contributed by atoms with Crippen LogP contribution in [0.15, 0.2) is 48.0 Å². The Morgan fingerprint density at radius 3 is 2.19 bits per heavy atom. The first-order chi connectivity index (χ1) is 12.7. The van der Waals surface area contributed by atoms with Crippen molar-refractivity contribution in [3.05, 3.63) is 75.9 Å². The molecule has 0 bridgehead atoms. The van der Waals surface area contributed by atoms with Crippen molar-refractivity contribution >= 4 is 11.4 Å². The van der Waals surface area contributed by atoms with Gasteiger partial charge in [0.05, 0.1) is 5.56 Å². The number of allylic oxidation sites excluding steroid dienone is 1. The van der Waals surface area contributed by atoms with Gasteiger partial charge in [0.25, 0.3) is 5.88 Å². The Hall–Kier alpha value is -2.85. The van der Waals surface area contributed by atoms with Crippen LogP contribution in [0, 0.1) is 16.8 Å². The monoisotopic (exact) mass is 385 g/mol. The standard InChI is InChI=1S/C17H12F5N3O2/c18-12-6-7-13(19)15-11(12)5-8-14-16(26)23(25(27)24(14)15)10-3-1-9(2-4-10)17(20,21)22/h1-4,6-7,25-26H,5,8H2. The predicted octanol–water partition coefficient (Wildman–Crippen LogP) is 3.20. The Morgan fingerprint density at radius 2 is 1.56 bits per heavy atom. The van der Waals surface area contributed by atoms with Crippen molar-refractivity contribution < 1.29 is 32.3 Å². The summed E-state index contributed by atoms with van der Waals surface area (Å²) in [5.74, 6) is -2.03. The summed E-state index contributed by atoms with van der Waals surface area (Å²) in [4.78, 5) is 0. The van der Waals surface area contributed by atoms with Crippen molar-refractivity contribution in [3.63, 3.8) is 0 Å². The highest BCUT2D eigenvalue weighted by atomic mass is 19.4. The number of alkyl halides is 3. The molecule has 27 heavy (non-hydrogen) atoms. The molecule has 142 valence electrons. The van der Waals surface area contributed by atoms with Gasteiger partial charge in [-0.15, -0.1) is 5.01 Å². The van der Waals surface area contributed by atoms with E-state index in [0.29, 0.717) is 0 Å². The Balaban J connectivity index is 1.77. The quantitative estimate of drug-likeness (QED) is 0.585. The molecule has 2 N–H and O–H groups in total. The fourth-order valence-corrected chi connectivity index (χ4v) is 3.33. The second-order valence-electron chi connectivity index (χ2n) is 6.12. The lowest BCUT2D eigenvalue weighted by Crippen LogP contribution is -3.19. The third-order valence-corrected chi connectivity index (χ3v) is 4.59. The first kappa shape index (κ1) is 17.6. The summed E-state index contributed by atoms with van der Waals surface area (Å²) in [6.45, 7) is 0. The van der Waals surface area contributed by atoms with Crippen LogP contribution in [0.1, 0.15) is 17.5 Å². The van der Waals surface area contributed by atoms with Crippen LogP contribution in [0.4, 0.5) is 33.3 Å². The van der Waals surface area contributed by atoms with Gasteiger partial charge in [0.2, 0.25) is 0 Å². The minimum absolute atomic E-state index is 0.00849. The lowest BCUT2D eigenvalue weighted by Gasteiger charge is -2.36. The number of anilines is 2. The number of rotatable bonds is 1. The van der Waals surface area contributed by atoms with Gasteiger partial charge >= 0.3 is 6.18 Å². The summed E-state index contributed by atoms with van der Waals surface area (Å²) in [5, 5.41) is 24.0. The number of nitrogens with zero attached hydrogens (tertiary/aromatic N) is 2. The molecule has 5 nitrogen and oxygen atoms in total. The highest BCUT2D eigenvalue weighted by Crippen LogP contribution is 2.38. The number of halogens is 5. The van der Waals surface area contributed by atoms with Crippen molar-refractivity contribution in [1.82, 2.24) is 0 Å². The van der Waals surface area contributed by atoms with Gasteiger partial charge in [-0.2, -0.15) is 23.5 Å². The maximum Gasteiger partial charge on any atom is 0.416 e. The lowest BCUT2D eigenvalue weighted by atomic mass is 10.00. The summed E-state index contributed by atoms with van der Waals surface area (Å²) >= 11 is 0. The van der Waals surface area contributed by atoms with Crippen LogP contribution in [0.25, 0.3) is 0 Å². The second-order valence-corrected chi connectivity index (χ2v) is 6.12. The minimum Gasteiger partial charge on any atom is -0.581 e. The normalized spacial score (nSPS) is 19.4. The molecule has 0 saturated carbocycles.